The van der Waals surface area contributed by atoms with Crippen LogP contribution in [-0.4, -0.2) is 22.2 Å². The normalized spacial score (nSPS) is 11.3. The zero-order valence-electron chi connectivity index (χ0n) is 17.2. The van der Waals surface area contributed by atoms with Crippen molar-refractivity contribution in [1.82, 2.24) is 5.32 Å². The molecule has 7 nitrogen and oxygen atoms in total. The SMILES string of the molecule is CC(C)(O)c1cc(F)c(-c2cc(C(N)=O)c(Nc3ccc(CNC(=O)O)cc3)s2)c(F)c1. The molecule has 0 aliphatic rings. The highest BCUT2D eigenvalue weighted by Gasteiger charge is 2.24. The zero-order chi connectivity index (χ0) is 23.6. The van der Waals surface area contributed by atoms with Crippen LogP contribution in [0.15, 0.2) is 42.5 Å². The monoisotopic (exact) mass is 461 g/mol. The minimum absolute atomic E-state index is 0.0620. The second kappa shape index (κ2) is 8.93. The fraction of sp³-hybridized carbons (Fsp3) is 0.182. The van der Waals surface area contributed by atoms with Crippen LogP contribution in [0.2, 0.25) is 0 Å². The number of hydrogen-bond acceptors (Lipinski definition) is 5. The molecule has 2 aromatic carbocycles. The zero-order valence-corrected chi connectivity index (χ0v) is 18.0. The molecule has 0 aliphatic heterocycles. The number of hydrogen-bond donors (Lipinski definition) is 5. The van der Waals surface area contributed by atoms with E-state index in [9.17, 15) is 23.5 Å². The standard InChI is InChI=1S/C22H21F2N3O4S/c1-22(2,31)12-7-15(23)18(16(24)8-12)17-9-14(19(25)28)20(32-17)27-13-5-3-11(4-6-13)10-26-21(29)30/h3-9,26-27,31H,10H2,1-2H3,(H2,25,28)(H,29,30). The molecule has 0 saturated carbocycles. The number of nitrogens with one attached hydrogen (secondary N) is 2. The summed E-state index contributed by atoms with van der Waals surface area (Å²) >= 11 is 0.951. The molecule has 1 heterocycles. The van der Waals surface area contributed by atoms with E-state index in [2.05, 4.69) is 10.6 Å². The number of amides is 2. The summed E-state index contributed by atoms with van der Waals surface area (Å²) in [5, 5.41) is 24.3. The lowest BCUT2D eigenvalue weighted by molar-refractivity contribution is 0.0778. The summed E-state index contributed by atoms with van der Waals surface area (Å²) in [6.45, 7) is 2.97. The average Bonchev–Trinajstić information content (AvgIpc) is 3.09. The lowest BCUT2D eigenvalue weighted by Gasteiger charge is -2.18. The van der Waals surface area contributed by atoms with E-state index in [0.717, 1.165) is 29.0 Å². The fourth-order valence-corrected chi connectivity index (χ4v) is 4.10. The van der Waals surface area contributed by atoms with Gasteiger partial charge >= 0.3 is 6.09 Å². The van der Waals surface area contributed by atoms with Crippen molar-refractivity contribution in [2.45, 2.75) is 26.0 Å². The predicted molar refractivity (Wildman–Crippen MR) is 118 cm³/mol. The first-order valence-electron chi connectivity index (χ1n) is 9.44. The smallest absolute Gasteiger partial charge is 0.404 e. The van der Waals surface area contributed by atoms with Crippen LogP contribution in [0.5, 0.6) is 0 Å². The molecule has 32 heavy (non-hydrogen) atoms. The maximum atomic E-state index is 14.7. The Morgan fingerprint density at radius 2 is 1.69 bits per heavy atom. The average molecular weight is 461 g/mol. The number of aliphatic hydroxyl groups is 1. The highest BCUT2D eigenvalue weighted by atomic mass is 32.1. The number of carbonyl (C=O) groups excluding carboxylic acids is 1. The number of rotatable bonds is 7. The Labute approximate surface area is 186 Å². The Morgan fingerprint density at radius 1 is 1.09 bits per heavy atom. The number of nitrogens with two attached hydrogens (primary N) is 1. The van der Waals surface area contributed by atoms with Gasteiger partial charge in [-0.25, -0.2) is 13.6 Å². The Morgan fingerprint density at radius 3 is 2.19 bits per heavy atom. The molecule has 0 aliphatic carbocycles. The van der Waals surface area contributed by atoms with Gasteiger partial charge in [0.15, 0.2) is 0 Å². The highest BCUT2D eigenvalue weighted by molar-refractivity contribution is 7.20. The van der Waals surface area contributed by atoms with Gasteiger partial charge in [-0.1, -0.05) is 12.1 Å². The lowest BCUT2D eigenvalue weighted by Crippen LogP contribution is -2.19. The molecule has 0 bridgehead atoms. The minimum Gasteiger partial charge on any atom is -0.465 e. The number of carbonyl (C=O) groups is 2. The van der Waals surface area contributed by atoms with Crippen molar-refractivity contribution in [3.63, 3.8) is 0 Å². The number of anilines is 2. The molecule has 6 N–H and O–H groups in total. The fourth-order valence-electron chi connectivity index (χ4n) is 2.97. The van der Waals surface area contributed by atoms with E-state index in [-0.39, 0.29) is 28.1 Å². The third-order valence-electron chi connectivity index (χ3n) is 4.65. The quantitative estimate of drug-likeness (QED) is 0.354. The number of thiophene rings is 1. The molecule has 2 amide bonds. The molecule has 10 heteroatoms. The van der Waals surface area contributed by atoms with Gasteiger partial charge < -0.3 is 26.6 Å². The van der Waals surface area contributed by atoms with Crippen LogP contribution < -0.4 is 16.4 Å². The molecule has 3 rings (SSSR count). The summed E-state index contributed by atoms with van der Waals surface area (Å²) in [7, 11) is 0. The van der Waals surface area contributed by atoms with Gasteiger partial charge in [0.05, 0.1) is 16.7 Å². The molecular formula is C22H21F2N3O4S. The Balaban J connectivity index is 1.93. The van der Waals surface area contributed by atoms with Crippen LogP contribution >= 0.6 is 11.3 Å². The van der Waals surface area contributed by atoms with E-state index < -0.39 is 29.2 Å². The van der Waals surface area contributed by atoms with E-state index in [0.29, 0.717) is 10.7 Å². The lowest BCUT2D eigenvalue weighted by atomic mass is 9.96. The molecule has 0 spiro atoms. The molecule has 0 saturated heterocycles. The van der Waals surface area contributed by atoms with Crippen molar-refractivity contribution in [2.75, 3.05) is 5.32 Å². The molecule has 168 valence electrons. The van der Waals surface area contributed by atoms with Crippen molar-refractivity contribution in [3.05, 3.63) is 70.8 Å². The van der Waals surface area contributed by atoms with Gasteiger partial charge in [-0.2, -0.15) is 0 Å². The van der Waals surface area contributed by atoms with Gasteiger partial charge in [-0.15, -0.1) is 11.3 Å². The number of halogens is 2. The molecule has 0 unspecified atom stereocenters. The Bertz CT molecular complexity index is 1150. The van der Waals surface area contributed by atoms with Crippen LogP contribution in [0, 0.1) is 11.6 Å². The van der Waals surface area contributed by atoms with Crippen molar-refractivity contribution in [2.24, 2.45) is 5.73 Å². The predicted octanol–water partition coefficient (Wildman–Crippen LogP) is 4.53. The van der Waals surface area contributed by atoms with E-state index >= 15 is 0 Å². The molecule has 3 aromatic rings. The molecular weight excluding hydrogens is 440 g/mol. The molecule has 0 fully saturated rings. The van der Waals surface area contributed by atoms with Crippen molar-refractivity contribution >= 4 is 34.0 Å². The van der Waals surface area contributed by atoms with Crippen LogP contribution in [0.25, 0.3) is 10.4 Å². The highest BCUT2D eigenvalue weighted by Crippen LogP contribution is 2.40. The second-order valence-electron chi connectivity index (χ2n) is 7.57. The first kappa shape index (κ1) is 23.2. The first-order chi connectivity index (χ1) is 15.0. The van der Waals surface area contributed by atoms with Crippen LogP contribution in [-0.2, 0) is 12.1 Å². The maximum absolute atomic E-state index is 14.7. The van der Waals surface area contributed by atoms with Gasteiger partial charge in [-0.3, -0.25) is 4.79 Å². The van der Waals surface area contributed by atoms with Crippen molar-refractivity contribution in [1.29, 1.82) is 0 Å². The van der Waals surface area contributed by atoms with Gasteiger partial charge in [-0.05, 0) is 55.3 Å². The molecule has 0 atom stereocenters. The van der Waals surface area contributed by atoms with Gasteiger partial charge in [0.1, 0.15) is 16.6 Å². The van der Waals surface area contributed by atoms with E-state index in [4.69, 9.17) is 10.8 Å². The van der Waals surface area contributed by atoms with Crippen LogP contribution in [0.1, 0.15) is 35.3 Å². The van der Waals surface area contributed by atoms with Gasteiger partial charge in [0.2, 0.25) is 0 Å². The Kier molecular flexibility index (Phi) is 6.47. The summed E-state index contributed by atoms with van der Waals surface area (Å²) in [5.74, 6) is -2.52. The number of carboxylic acid groups (broad SMARTS) is 1. The molecule has 0 radical (unpaired) electrons. The second-order valence-corrected chi connectivity index (χ2v) is 8.62. The maximum Gasteiger partial charge on any atom is 0.404 e. The van der Waals surface area contributed by atoms with Gasteiger partial charge in [0.25, 0.3) is 5.91 Å². The summed E-state index contributed by atoms with van der Waals surface area (Å²) in [6.07, 6.45) is -1.14. The summed E-state index contributed by atoms with van der Waals surface area (Å²) < 4.78 is 29.5. The summed E-state index contributed by atoms with van der Waals surface area (Å²) in [6, 6.07) is 10.1. The van der Waals surface area contributed by atoms with Crippen molar-refractivity contribution < 1.29 is 28.6 Å². The van der Waals surface area contributed by atoms with E-state index in [1.807, 2.05) is 0 Å². The third-order valence-corrected chi connectivity index (χ3v) is 5.72. The van der Waals surface area contributed by atoms with E-state index in [1.165, 1.54) is 19.9 Å². The van der Waals surface area contributed by atoms with Crippen molar-refractivity contribution in [3.8, 4) is 10.4 Å². The third kappa shape index (κ3) is 5.21. The number of benzene rings is 2. The van der Waals surface area contributed by atoms with Gasteiger partial charge in [0, 0.05) is 17.1 Å². The van der Waals surface area contributed by atoms with E-state index in [1.54, 1.807) is 24.3 Å². The Hall–Kier alpha value is -3.50. The topological polar surface area (TPSA) is 125 Å². The number of primary amides is 1. The summed E-state index contributed by atoms with van der Waals surface area (Å²) in [4.78, 5) is 22.7. The van der Waals surface area contributed by atoms with Crippen LogP contribution in [0.4, 0.5) is 24.3 Å². The van der Waals surface area contributed by atoms with Crippen LogP contribution in [0.3, 0.4) is 0 Å². The largest absolute Gasteiger partial charge is 0.465 e. The minimum atomic E-state index is -1.42. The molecule has 1 aromatic heterocycles. The first-order valence-corrected chi connectivity index (χ1v) is 10.3. The summed E-state index contributed by atoms with van der Waals surface area (Å²) in [5.41, 5.74) is 5.13.